The quantitative estimate of drug-likeness (QED) is 0.481. The van der Waals surface area contributed by atoms with Gasteiger partial charge in [-0.1, -0.05) is 60.7 Å². The molecule has 0 bridgehead atoms. The number of hydrogen-bond donors (Lipinski definition) is 1. The van der Waals surface area contributed by atoms with Crippen molar-refractivity contribution in [2.24, 2.45) is 11.8 Å². The molecule has 180 valence electrons. The van der Waals surface area contributed by atoms with Crippen LogP contribution in [-0.2, 0) is 22.2 Å². The highest BCUT2D eigenvalue weighted by atomic mass is 32.2. The summed E-state index contributed by atoms with van der Waals surface area (Å²) in [6, 6.07) is 25.3. The van der Waals surface area contributed by atoms with Crippen molar-refractivity contribution in [1.82, 2.24) is 5.01 Å². The van der Waals surface area contributed by atoms with Crippen LogP contribution >= 0.6 is 0 Å². The molecule has 34 heavy (non-hydrogen) atoms. The van der Waals surface area contributed by atoms with Crippen LogP contribution in [0, 0.1) is 5.92 Å². The molecule has 1 fully saturated rings. The van der Waals surface area contributed by atoms with Crippen molar-refractivity contribution in [3.63, 3.8) is 0 Å². The Morgan fingerprint density at radius 1 is 1.03 bits per heavy atom. The third kappa shape index (κ3) is 5.43. The van der Waals surface area contributed by atoms with Gasteiger partial charge < -0.3 is 4.74 Å². The van der Waals surface area contributed by atoms with Crippen molar-refractivity contribution in [2.75, 3.05) is 25.0 Å². The number of benzene rings is 3. The van der Waals surface area contributed by atoms with Gasteiger partial charge in [0.05, 0.1) is 24.6 Å². The number of nitrogens with zero attached hydrogens (tertiary/aromatic N) is 2. The molecule has 1 heterocycles. The smallest absolute Gasteiger partial charge is 0.239 e. The summed E-state index contributed by atoms with van der Waals surface area (Å²) in [4.78, 5) is 0. The summed E-state index contributed by atoms with van der Waals surface area (Å²) in [5.74, 6) is 7.45. The lowest BCUT2D eigenvalue weighted by Crippen LogP contribution is -2.44. The number of methoxy groups -OCH3 is 1. The van der Waals surface area contributed by atoms with Gasteiger partial charge >= 0.3 is 0 Å². The van der Waals surface area contributed by atoms with Gasteiger partial charge in [0.1, 0.15) is 5.75 Å². The van der Waals surface area contributed by atoms with Crippen LogP contribution in [0.2, 0.25) is 0 Å². The average molecular weight is 480 g/mol. The normalized spacial score (nSPS) is 19.0. The highest BCUT2D eigenvalue weighted by Crippen LogP contribution is 2.38. The molecule has 0 amide bonds. The topological polar surface area (TPSA) is 75.9 Å². The first-order valence-electron chi connectivity index (χ1n) is 11.6. The van der Waals surface area contributed by atoms with Gasteiger partial charge in [-0.25, -0.2) is 13.4 Å². The number of sulfonamides is 1. The van der Waals surface area contributed by atoms with Crippen LogP contribution < -0.4 is 14.9 Å². The average Bonchev–Trinajstić information content (AvgIpc) is 2.84. The zero-order valence-electron chi connectivity index (χ0n) is 19.8. The molecule has 0 aromatic heterocycles. The molecule has 4 rings (SSSR count). The molecular weight excluding hydrogens is 446 g/mol. The minimum absolute atomic E-state index is 0.0491. The van der Waals surface area contributed by atoms with Gasteiger partial charge in [0, 0.05) is 13.6 Å². The summed E-state index contributed by atoms with van der Waals surface area (Å²) in [7, 11) is -0.272. The SMILES string of the molecule is COc1ccc(N(C)S(=O)(=O)Cc2ccccc2)cc1C[C@@H]1CCCN(N)[C@@H]1c1ccccc1. The fraction of sp³-hybridized carbons (Fsp3) is 0.333. The predicted octanol–water partition coefficient (Wildman–Crippen LogP) is 4.53. The van der Waals surface area contributed by atoms with E-state index in [0.29, 0.717) is 5.69 Å². The summed E-state index contributed by atoms with van der Waals surface area (Å²) in [5, 5.41) is 1.94. The number of anilines is 1. The molecule has 1 aliphatic heterocycles. The number of hydrogen-bond acceptors (Lipinski definition) is 5. The molecular formula is C27H33N3O3S. The van der Waals surface area contributed by atoms with E-state index in [0.717, 1.165) is 42.7 Å². The lowest BCUT2D eigenvalue weighted by molar-refractivity contribution is 0.0923. The Kier molecular flexibility index (Phi) is 7.56. The highest BCUT2D eigenvalue weighted by Gasteiger charge is 2.32. The standard InChI is InChI=1S/C27H33N3O3S/c1-29(34(31,32)20-21-10-5-3-6-11-21)25-15-16-26(33-2)24(19-25)18-23-14-9-17-30(28)27(23)22-12-7-4-8-13-22/h3-8,10-13,15-16,19,23,27H,9,14,17-18,20,28H2,1-2H3/t23-,27+/m0/s1. The minimum atomic E-state index is -3.53. The maximum atomic E-state index is 13.1. The molecule has 0 saturated carbocycles. The largest absolute Gasteiger partial charge is 0.496 e. The monoisotopic (exact) mass is 479 g/mol. The Morgan fingerprint density at radius 3 is 2.38 bits per heavy atom. The van der Waals surface area contributed by atoms with Crippen LogP contribution in [0.3, 0.4) is 0 Å². The van der Waals surface area contributed by atoms with Gasteiger partial charge in [-0.05, 0) is 60.1 Å². The van der Waals surface area contributed by atoms with Gasteiger partial charge in [-0.15, -0.1) is 0 Å². The molecule has 3 aromatic rings. The number of ether oxygens (including phenoxy) is 1. The summed E-state index contributed by atoms with van der Waals surface area (Å²) >= 11 is 0. The van der Waals surface area contributed by atoms with Crippen LogP contribution in [0.15, 0.2) is 78.9 Å². The molecule has 0 radical (unpaired) electrons. The van der Waals surface area contributed by atoms with Gasteiger partial charge in [-0.2, -0.15) is 0 Å². The van der Waals surface area contributed by atoms with E-state index in [1.165, 1.54) is 9.87 Å². The Hall–Kier alpha value is -2.87. The second-order valence-electron chi connectivity index (χ2n) is 8.91. The van der Waals surface area contributed by atoms with E-state index in [1.54, 1.807) is 20.2 Å². The first-order chi connectivity index (χ1) is 16.4. The third-order valence-corrected chi connectivity index (χ3v) is 8.40. The van der Waals surface area contributed by atoms with Crippen LogP contribution in [0.25, 0.3) is 0 Å². The maximum absolute atomic E-state index is 13.1. The highest BCUT2D eigenvalue weighted by molar-refractivity contribution is 7.92. The summed E-state index contributed by atoms with van der Waals surface area (Å²) in [6.07, 6.45) is 2.82. The lowest BCUT2D eigenvalue weighted by atomic mass is 9.81. The van der Waals surface area contributed by atoms with Crippen LogP contribution in [-0.4, -0.2) is 34.1 Å². The minimum Gasteiger partial charge on any atom is -0.496 e. The van der Waals surface area contributed by atoms with Gasteiger partial charge in [-0.3, -0.25) is 10.1 Å². The maximum Gasteiger partial charge on any atom is 0.239 e. The third-order valence-electron chi connectivity index (χ3n) is 6.65. The molecule has 0 aliphatic carbocycles. The van der Waals surface area contributed by atoms with Crippen molar-refractivity contribution >= 4 is 15.7 Å². The van der Waals surface area contributed by atoms with E-state index in [-0.39, 0.29) is 17.7 Å². The van der Waals surface area contributed by atoms with Crippen molar-refractivity contribution in [3.05, 3.63) is 95.6 Å². The summed E-state index contributed by atoms with van der Waals surface area (Å²) in [6.45, 7) is 0.855. The van der Waals surface area contributed by atoms with E-state index >= 15 is 0 Å². The molecule has 3 aromatic carbocycles. The summed E-state index contributed by atoms with van der Waals surface area (Å²) in [5.41, 5.74) is 3.58. The number of rotatable bonds is 8. The molecule has 0 unspecified atom stereocenters. The molecule has 7 heteroatoms. The van der Waals surface area contributed by atoms with Crippen LogP contribution in [0.5, 0.6) is 5.75 Å². The van der Waals surface area contributed by atoms with Crippen molar-refractivity contribution in [2.45, 2.75) is 31.1 Å². The van der Waals surface area contributed by atoms with E-state index in [2.05, 4.69) is 12.1 Å². The van der Waals surface area contributed by atoms with Gasteiger partial charge in [0.25, 0.3) is 0 Å². The Labute approximate surface area is 203 Å². The summed E-state index contributed by atoms with van der Waals surface area (Å²) < 4.78 is 33.2. The van der Waals surface area contributed by atoms with Crippen LogP contribution in [0.1, 0.15) is 35.6 Å². The molecule has 0 spiro atoms. The lowest BCUT2D eigenvalue weighted by Gasteiger charge is -2.39. The zero-order chi connectivity index (χ0) is 24.1. The zero-order valence-corrected chi connectivity index (χ0v) is 20.6. The fourth-order valence-corrected chi connectivity index (χ4v) is 6.12. The van der Waals surface area contributed by atoms with Crippen molar-refractivity contribution < 1.29 is 13.2 Å². The van der Waals surface area contributed by atoms with E-state index < -0.39 is 10.0 Å². The molecule has 2 atom stereocenters. The molecule has 6 nitrogen and oxygen atoms in total. The molecule has 2 N–H and O–H groups in total. The van der Waals surface area contributed by atoms with E-state index in [9.17, 15) is 8.42 Å². The van der Waals surface area contributed by atoms with Gasteiger partial charge in [0.15, 0.2) is 0 Å². The number of piperidine rings is 1. The number of hydrazine groups is 1. The van der Waals surface area contributed by atoms with Gasteiger partial charge in [0.2, 0.25) is 10.0 Å². The predicted molar refractivity (Wildman–Crippen MR) is 137 cm³/mol. The fourth-order valence-electron chi connectivity index (χ4n) is 4.88. The van der Waals surface area contributed by atoms with E-state index in [1.807, 2.05) is 65.7 Å². The van der Waals surface area contributed by atoms with Crippen molar-refractivity contribution in [3.8, 4) is 5.75 Å². The first kappa shape index (κ1) is 24.3. The van der Waals surface area contributed by atoms with Crippen LogP contribution in [0.4, 0.5) is 5.69 Å². The first-order valence-corrected chi connectivity index (χ1v) is 13.2. The van der Waals surface area contributed by atoms with Crippen molar-refractivity contribution in [1.29, 1.82) is 0 Å². The Bertz CT molecular complexity index is 1190. The Balaban J connectivity index is 1.61. The second-order valence-corrected chi connectivity index (χ2v) is 10.9. The number of nitrogens with two attached hydrogens (primary N) is 1. The van der Waals surface area contributed by atoms with E-state index in [4.69, 9.17) is 10.6 Å². The molecule has 1 saturated heterocycles. The molecule has 1 aliphatic rings. The Morgan fingerprint density at radius 2 is 1.71 bits per heavy atom. The second kappa shape index (κ2) is 10.6.